The number of hydrogen-bond acceptors (Lipinski definition) is 11. The lowest BCUT2D eigenvalue weighted by Crippen LogP contribution is -2.40. The summed E-state index contributed by atoms with van der Waals surface area (Å²) in [7, 11) is 1.76. The molecule has 324 valence electrons. The standard InChI is InChI=1S/C44H49F2N11O5/c1-53-40-27(4-2-6-32(40)38(51-53)33-11-12-37(58)50-43(33)59)5-3-19-61-30-13-16-54(17-14-30)22-26-7-9-28(10-8-26)57-24-35(39(52-57)41(45)46)48-44(60)34-21-47-56-18-15-36(49-42(34)56)55-23-31-20-29(55)25-62-31/h2,4,6,15,18,21,24,26,28-31,33,41H,7-14,16-17,19-20,22-23,25H2,1H3,(H,48,60)(H,50,58,59)/t26?,28?,29-,31-,33?/m0/s1/i16D2,17D2. The summed E-state index contributed by atoms with van der Waals surface area (Å²) >= 11 is 0. The number of amides is 3. The number of likely N-dealkylation sites (tertiary alicyclic amines) is 1. The average Bonchev–Trinajstić information content (AvgIpc) is 4.13. The van der Waals surface area contributed by atoms with Crippen molar-refractivity contribution in [2.45, 2.75) is 94.4 Å². The molecule has 0 spiro atoms. The number of fused-ring (bicyclic) bond motifs is 4. The molecule has 16 nitrogen and oxygen atoms in total. The lowest BCUT2D eigenvalue weighted by molar-refractivity contribution is -0.134. The second-order valence-electron chi connectivity index (χ2n) is 16.7. The Bertz CT molecular complexity index is 2760. The number of hydrogen-bond donors (Lipinski definition) is 2. The number of morpholine rings is 1. The SMILES string of the molecule is [2H]C1([2H])CC(OCC#Cc2cccc3c(C4CCC(=O)NC4=O)nn(C)c23)CC([2H])([2H])N1CC1CCC(n2cc(NC(=O)c3cnn4ccc(N5C[C@@H]6C[C@H]5CO6)nc34)c(C(F)F)n2)CC1. The summed E-state index contributed by atoms with van der Waals surface area (Å²) in [4.78, 5) is 46.0. The van der Waals surface area contributed by atoms with Gasteiger partial charge in [-0.2, -0.15) is 15.3 Å². The highest BCUT2D eigenvalue weighted by Gasteiger charge is 2.40. The molecule has 3 amide bonds. The van der Waals surface area contributed by atoms with E-state index < -0.39 is 43.0 Å². The van der Waals surface area contributed by atoms with Crippen LogP contribution in [0.5, 0.6) is 0 Å². The minimum Gasteiger partial charge on any atom is -0.374 e. The molecule has 18 heteroatoms. The lowest BCUT2D eigenvalue weighted by atomic mass is 9.85. The van der Waals surface area contributed by atoms with Crippen molar-refractivity contribution in [2.75, 3.05) is 49.5 Å². The van der Waals surface area contributed by atoms with Crippen molar-refractivity contribution >= 4 is 45.8 Å². The lowest BCUT2D eigenvalue weighted by Gasteiger charge is -2.36. The van der Waals surface area contributed by atoms with Gasteiger partial charge >= 0.3 is 0 Å². The zero-order chi connectivity index (χ0) is 46.1. The van der Waals surface area contributed by atoms with Crippen LogP contribution in [-0.2, 0) is 26.1 Å². The highest BCUT2D eigenvalue weighted by atomic mass is 19.3. The molecule has 4 aromatic heterocycles. The summed E-state index contributed by atoms with van der Waals surface area (Å²) in [5, 5.41) is 18.9. The molecule has 8 heterocycles. The van der Waals surface area contributed by atoms with E-state index in [2.05, 4.69) is 42.7 Å². The molecule has 5 fully saturated rings. The summed E-state index contributed by atoms with van der Waals surface area (Å²) in [6.07, 6.45) is 4.64. The largest absolute Gasteiger partial charge is 0.374 e. The molecule has 1 aromatic carbocycles. The van der Waals surface area contributed by atoms with Gasteiger partial charge in [0.1, 0.15) is 18.0 Å². The number of halogens is 2. The van der Waals surface area contributed by atoms with Crippen LogP contribution in [0.4, 0.5) is 20.3 Å². The minimum absolute atomic E-state index is 0.0551. The van der Waals surface area contributed by atoms with Crippen LogP contribution in [0, 0.1) is 17.8 Å². The van der Waals surface area contributed by atoms with E-state index in [1.807, 2.05) is 24.3 Å². The van der Waals surface area contributed by atoms with Gasteiger partial charge in [-0.05, 0) is 69.4 Å². The topological polar surface area (TPSA) is 166 Å². The van der Waals surface area contributed by atoms with Crippen molar-refractivity contribution in [3.05, 3.63) is 65.4 Å². The smallest absolute Gasteiger partial charge is 0.284 e. The molecule has 4 aliphatic heterocycles. The van der Waals surface area contributed by atoms with Gasteiger partial charge in [0.2, 0.25) is 11.8 Å². The van der Waals surface area contributed by atoms with E-state index in [0.29, 0.717) is 68.0 Å². The van der Waals surface area contributed by atoms with Gasteiger partial charge in [-0.3, -0.25) is 29.1 Å². The molecule has 1 saturated carbocycles. The van der Waals surface area contributed by atoms with Crippen molar-refractivity contribution in [3.8, 4) is 11.8 Å². The Kier molecular flexibility index (Phi) is 9.72. The Labute approximate surface area is 361 Å². The molecule has 5 aliphatic rings. The number of alkyl halides is 2. The average molecular weight is 854 g/mol. The molecule has 4 saturated heterocycles. The normalized spacial score (nSPS) is 27.2. The van der Waals surface area contributed by atoms with Crippen molar-refractivity contribution in [3.63, 3.8) is 0 Å². The monoisotopic (exact) mass is 853 g/mol. The Morgan fingerprint density at radius 2 is 1.94 bits per heavy atom. The zero-order valence-electron chi connectivity index (χ0n) is 38.1. The second kappa shape index (κ2) is 16.8. The summed E-state index contributed by atoms with van der Waals surface area (Å²) in [5.41, 5.74) is 1.74. The molecule has 1 unspecified atom stereocenters. The molecule has 1 aliphatic carbocycles. The number of ether oxygens (including phenoxy) is 2. The maximum Gasteiger partial charge on any atom is 0.284 e. The minimum atomic E-state index is -2.95. The number of carbonyl (C=O) groups excluding carboxylic acids is 3. The molecular weight excluding hydrogens is 801 g/mol. The second-order valence-corrected chi connectivity index (χ2v) is 16.7. The van der Waals surface area contributed by atoms with E-state index in [1.165, 1.54) is 26.5 Å². The Morgan fingerprint density at radius 3 is 2.69 bits per heavy atom. The van der Waals surface area contributed by atoms with Gasteiger partial charge in [-0.1, -0.05) is 24.0 Å². The summed E-state index contributed by atoms with van der Waals surface area (Å²) in [6.45, 7) is -2.62. The summed E-state index contributed by atoms with van der Waals surface area (Å²) in [6, 6.07) is 7.30. The van der Waals surface area contributed by atoms with Crippen LogP contribution in [-0.4, -0.2) is 114 Å². The number of aromatic nitrogens is 7. The fraction of sp³-hybridized carbons (Fsp3) is 0.523. The van der Waals surface area contributed by atoms with Gasteiger partial charge in [-0.15, -0.1) is 0 Å². The first kappa shape index (κ1) is 35.8. The van der Waals surface area contributed by atoms with Crippen LogP contribution >= 0.6 is 0 Å². The molecule has 62 heavy (non-hydrogen) atoms. The van der Waals surface area contributed by atoms with Crippen molar-refractivity contribution in [2.24, 2.45) is 13.0 Å². The number of piperidine rings is 2. The number of nitrogens with one attached hydrogen (secondary N) is 2. The fourth-order valence-electron chi connectivity index (χ4n) is 9.52. The van der Waals surface area contributed by atoms with Gasteiger partial charge < -0.3 is 24.6 Å². The quantitative estimate of drug-likeness (QED) is 0.147. The first-order valence-corrected chi connectivity index (χ1v) is 21.2. The third kappa shape index (κ3) is 7.93. The third-order valence-electron chi connectivity index (χ3n) is 12.7. The number of aryl methyl sites for hydroxylation is 1. The van der Waals surface area contributed by atoms with Crippen LogP contribution in [0.15, 0.2) is 42.9 Å². The third-order valence-corrected chi connectivity index (χ3v) is 12.7. The van der Waals surface area contributed by atoms with Gasteiger partial charge in [0.25, 0.3) is 12.3 Å². The molecule has 0 radical (unpaired) electrons. The first-order valence-electron chi connectivity index (χ1n) is 23.2. The number of para-hydroxylation sites is 1. The van der Waals surface area contributed by atoms with E-state index in [4.69, 9.17) is 19.9 Å². The molecular formula is C44H49F2N11O5. The maximum atomic E-state index is 14.4. The number of anilines is 2. The highest BCUT2D eigenvalue weighted by molar-refractivity contribution is 6.08. The van der Waals surface area contributed by atoms with Crippen LogP contribution in [0.25, 0.3) is 16.6 Å². The number of nitrogens with zero attached hydrogens (tertiary/aromatic N) is 9. The van der Waals surface area contributed by atoms with Crippen LogP contribution in [0.2, 0.25) is 0 Å². The first-order chi connectivity index (χ1) is 31.6. The van der Waals surface area contributed by atoms with Crippen molar-refractivity contribution in [1.82, 2.24) is 44.4 Å². The molecule has 3 atom stereocenters. The number of rotatable bonds is 10. The molecule has 10 rings (SSSR count). The molecule has 5 aromatic rings. The Balaban J connectivity index is 0.743. The summed E-state index contributed by atoms with van der Waals surface area (Å²) < 4.78 is 80.8. The van der Waals surface area contributed by atoms with Crippen LogP contribution in [0.1, 0.15) is 109 Å². The zero-order valence-corrected chi connectivity index (χ0v) is 34.1. The van der Waals surface area contributed by atoms with Gasteiger partial charge in [0.15, 0.2) is 11.3 Å². The Hall–Kier alpha value is -5.77. The number of benzene rings is 1. The van der Waals surface area contributed by atoms with Crippen LogP contribution in [0.3, 0.4) is 0 Å². The van der Waals surface area contributed by atoms with E-state index in [9.17, 15) is 23.2 Å². The molecule has 2 bridgehead atoms. The Morgan fingerprint density at radius 1 is 1.10 bits per heavy atom. The van der Waals surface area contributed by atoms with Crippen molar-refractivity contribution in [1.29, 1.82) is 0 Å². The van der Waals surface area contributed by atoms with E-state index in [-0.39, 0.29) is 79.6 Å². The van der Waals surface area contributed by atoms with Gasteiger partial charge in [0.05, 0.1) is 65.5 Å². The van der Waals surface area contributed by atoms with Gasteiger partial charge in [0, 0.05) is 62.8 Å². The number of imide groups is 1. The van der Waals surface area contributed by atoms with Gasteiger partial charge in [-0.25, -0.2) is 18.3 Å². The predicted octanol–water partition coefficient (Wildman–Crippen LogP) is 4.76. The predicted molar refractivity (Wildman–Crippen MR) is 223 cm³/mol. The fourth-order valence-corrected chi connectivity index (χ4v) is 9.52. The van der Waals surface area contributed by atoms with E-state index in [1.54, 1.807) is 17.9 Å². The molecule has 2 N–H and O–H groups in total. The van der Waals surface area contributed by atoms with Crippen molar-refractivity contribution < 1.29 is 38.1 Å². The maximum absolute atomic E-state index is 14.4. The highest BCUT2D eigenvalue weighted by Crippen LogP contribution is 2.37. The number of carbonyl (C=O) groups is 3. The van der Waals surface area contributed by atoms with E-state index in [0.717, 1.165) is 17.3 Å². The van der Waals surface area contributed by atoms with Crippen LogP contribution < -0.4 is 15.5 Å². The van der Waals surface area contributed by atoms with E-state index >= 15 is 0 Å². The summed E-state index contributed by atoms with van der Waals surface area (Å²) in [5.74, 6) is 4.86.